The zero-order valence-electron chi connectivity index (χ0n) is 16.9. The Morgan fingerprint density at radius 2 is 1.87 bits per heavy atom. The van der Waals surface area contributed by atoms with Gasteiger partial charge in [-0.3, -0.25) is 9.78 Å². The number of methoxy groups -OCH3 is 1. The van der Waals surface area contributed by atoms with Gasteiger partial charge in [-0.1, -0.05) is 12.1 Å². The summed E-state index contributed by atoms with van der Waals surface area (Å²) < 4.78 is 47.1. The SMILES string of the molecule is COc1ccc(S(=O)(=O)N2CCC(C(=O)Nc3ccccc3F)CC2)c2cccnc12. The van der Waals surface area contributed by atoms with Crippen LogP contribution in [0.25, 0.3) is 10.9 Å². The first kappa shape index (κ1) is 21.2. The highest BCUT2D eigenvalue weighted by atomic mass is 32.2. The Morgan fingerprint density at radius 1 is 1.13 bits per heavy atom. The predicted octanol–water partition coefficient (Wildman–Crippen LogP) is 3.42. The van der Waals surface area contributed by atoms with Crippen molar-refractivity contribution >= 4 is 32.5 Å². The summed E-state index contributed by atoms with van der Waals surface area (Å²) in [4.78, 5) is 16.9. The van der Waals surface area contributed by atoms with Crippen LogP contribution in [-0.2, 0) is 14.8 Å². The van der Waals surface area contributed by atoms with Crippen molar-refractivity contribution in [3.8, 4) is 5.75 Å². The maximum Gasteiger partial charge on any atom is 0.243 e. The largest absolute Gasteiger partial charge is 0.494 e. The first-order chi connectivity index (χ1) is 14.9. The number of para-hydroxylation sites is 1. The normalized spacial score (nSPS) is 15.7. The van der Waals surface area contributed by atoms with Crippen molar-refractivity contribution in [3.05, 3.63) is 60.5 Å². The molecule has 0 unspecified atom stereocenters. The molecule has 1 aromatic heterocycles. The second-order valence-corrected chi connectivity index (χ2v) is 9.22. The molecule has 162 valence electrons. The van der Waals surface area contributed by atoms with Crippen LogP contribution in [-0.4, -0.2) is 43.8 Å². The number of nitrogens with zero attached hydrogens (tertiary/aromatic N) is 2. The topological polar surface area (TPSA) is 88.6 Å². The van der Waals surface area contributed by atoms with Crippen LogP contribution in [0.5, 0.6) is 5.75 Å². The van der Waals surface area contributed by atoms with Crippen molar-refractivity contribution < 1.29 is 22.3 Å². The fourth-order valence-corrected chi connectivity index (χ4v) is 5.46. The molecule has 2 heterocycles. The van der Waals surface area contributed by atoms with Gasteiger partial charge < -0.3 is 10.1 Å². The first-order valence-electron chi connectivity index (χ1n) is 9.89. The molecule has 2 aromatic carbocycles. The summed E-state index contributed by atoms with van der Waals surface area (Å²) in [6, 6.07) is 12.5. The van der Waals surface area contributed by atoms with Gasteiger partial charge in [0, 0.05) is 30.6 Å². The van der Waals surface area contributed by atoms with Crippen LogP contribution in [0.4, 0.5) is 10.1 Å². The number of ether oxygens (including phenoxy) is 1. The van der Waals surface area contributed by atoms with Crippen LogP contribution in [0, 0.1) is 11.7 Å². The summed E-state index contributed by atoms with van der Waals surface area (Å²) >= 11 is 0. The number of halogens is 1. The highest BCUT2D eigenvalue weighted by molar-refractivity contribution is 7.89. The van der Waals surface area contributed by atoms with Crippen molar-refractivity contribution in [3.63, 3.8) is 0 Å². The van der Waals surface area contributed by atoms with Crippen molar-refractivity contribution in [2.45, 2.75) is 17.7 Å². The van der Waals surface area contributed by atoms with Crippen LogP contribution < -0.4 is 10.1 Å². The Balaban J connectivity index is 1.50. The minimum atomic E-state index is -3.78. The number of carbonyl (C=O) groups excluding carboxylic acids is 1. The number of carbonyl (C=O) groups is 1. The summed E-state index contributed by atoms with van der Waals surface area (Å²) in [5, 5.41) is 3.09. The Labute approximate surface area is 179 Å². The van der Waals surface area contributed by atoms with E-state index < -0.39 is 15.8 Å². The van der Waals surface area contributed by atoms with E-state index in [9.17, 15) is 17.6 Å². The van der Waals surface area contributed by atoms with Gasteiger partial charge in [-0.25, -0.2) is 12.8 Å². The van der Waals surface area contributed by atoms with Crippen molar-refractivity contribution in [1.82, 2.24) is 9.29 Å². The van der Waals surface area contributed by atoms with E-state index in [2.05, 4.69) is 10.3 Å². The average molecular weight is 444 g/mol. The molecule has 9 heteroatoms. The van der Waals surface area contributed by atoms with Crippen molar-refractivity contribution in [2.24, 2.45) is 5.92 Å². The molecule has 0 atom stereocenters. The second kappa shape index (κ2) is 8.60. The van der Waals surface area contributed by atoms with E-state index in [1.165, 1.54) is 29.6 Å². The Kier molecular flexibility index (Phi) is 5.88. The van der Waals surface area contributed by atoms with Crippen molar-refractivity contribution in [1.29, 1.82) is 0 Å². The molecule has 3 aromatic rings. The Morgan fingerprint density at radius 3 is 2.58 bits per heavy atom. The van der Waals surface area contributed by atoms with Gasteiger partial charge in [0.2, 0.25) is 15.9 Å². The standard InChI is InChI=1S/C22H22FN3O4S/c1-30-19-8-9-20(16-5-4-12-24-21(16)19)31(28,29)26-13-10-15(11-14-26)22(27)25-18-7-3-2-6-17(18)23/h2-9,12,15H,10-11,13-14H2,1H3,(H,25,27). The molecule has 1 aliphatic rings. The summed E-state index contributed by atoms with van der Waals surface area (Å²) in [6.07, 6.45) is 2.29. The fraction of sp³-hybridized carbons (Fsp3) is 0.273. The molecule has 0 aliphatic carbocycles. The minimum Gasteiger partial charge on any atom is -0.494 e. The van der Waals surface area contributed by atoms with Crippen LogP contribution in [0.3, 0.4) is 0 Å². The molecule has 0 spiro atoms. The molecule has 4 rings (SSSR count). The first-order valence-corrected chi connectivity index (χ1v) is 11.3. The quantitative estimate of drug-likeness (QED) is 0.653. The Hall–Kier alpha value is -3.04. The molecule has 1 N–H and O–H groups in total. The van der Waals surface area contributed by atoms with Crippen LogP contribution >= 0.6 is 0 Å². The summed E-state index contributed by atoms with van der Waals surface area (Å²) in [5.74, 6) is -0.699. The molecule has 1 aliphatic heterocycles. The van der Waals surface area contributed by atoms with Crippen LogP contribution in [0.1, 0.15) is 12.8 Å². The van der Waals surface area contributed by atoms with Gasteiger partial charge in [-0.05, 0) is 49.2 Å². The third kappa shape index (κ3) is 4.11. The molecule has 31 heavy (non-hydrogen) atoms. The molecule has 0 radical (unpaired) electrons. The van der Waals surface area contributed by atoms with E-state index in [0.29, 0.717) is 29.5 Å². The lowest BCUT2D eigenvalue weighted by Crippen LogP contribution is -2.41. The van der Waals surface area contributed by atoms with E-state index in [1.54, 1.807) is 36.5 Å². The number of benzene rings is 2. The van der Waals surface area contributed by atoms with Gasteiger partial charge in [0.15, 0.2) is 0 Å². The molecule has 0 saturated carbocycles. The number of aromatic nitrogens is 1. The smallest absolute Gasteiger partial charge is 0.243 e. The number of amides is 1. The van der Waals surface area contributed by atoms with Gasteiger partial charge in [0.05, 0.1) is 17.7 Å². The monoisotopic (exact) mass is 443 g/mol. The molecule has 7 nitrogen and oxygen atoms in total. The number of nitrogens with one attached hydrogen (secondary N) is 1. The molecule has 0 bridgehead atoms. The summed E-state index contributed by atoms with van der Waals surface area (Å²) in [6.45, 7) is 0.400. The van der Waals surface area contributed by atoms with E-state index in [4.69, 9.17) is 4.74 Å². The van der Waals surface area contributed by atoms with Crippen LogP contribution in [0.15, 0.2) is 59.6 Å². The lowest BCUT2D eigenvalue weighted by molar-refractivity contribution is -0.120. The van der Waals surface area contributed by atoms with E-state index in [1.807, 2.05) is 0 Å². The van der Waals surface area contributed by atoms with Gasteiger partial charge in [0.1, 0.15) is 17.1 Å². The highest BCUT2D eigenvalue weighted by Crippen LogP contribution is 2.32. The number of pyridine rings is 1. The third-order valence-electron chi connectivity index (χ3n) is 5.49. The summed E-state index contributed by atoms with van der Waals surface area (Å²) in [7, 11) is -2.27. The number of sulfonamides is 1. The zero-order chi connectivity index (χ0) is 22.0. The third-order valence-corrected chi connectivity index (χ3v) is 7.44. The maximum atomic E-state index is 13.8. The molecule has 1 fully saturated rings. The van der Waals surface area contributed by atoms with Crippen LogP contribution in [0.2, 0.25) is 0 Å². The number of hydrogen-bond donors (Lipinski definition) is 1. The molecular weight excluding hydrogens is 421 g/mol. The van der Waals surface area contributed by atoms with Crippen molar-refractivity contribution in [2.75, 3.05) is 25.5 Å². The highest BCUT2D eigenvalue weighted by Gasteiger charge is 2.33. The predicted molar refractivity (Wildman–Crippen MR) is 115 cm³/mol. The number of piperidine rings is 1. The van der Waals surface area contributed by atoms with E-state index in [0.717, 1.165) is 0 Å². The average Bonchev–Trinajstić information content (AvgIpc) is 2.79. The fourth-order valence-electron chi connectivity index (χ4n) is 3.81. The zero-order valence-corrected chi connectivity index (χ0v) is 17.7. The van der Waals surface area contributed by atoms with Gasteiger partial charge in [-0.2, -0.15) is 4.31 Å². The Bertz CT molecular complexity index is 1220. The lowest BCUT2D eigenvalue weighted by Gasteiger charge is -2.31. The molecular formula is C22H22FN3O4S. The van der Waals surface area contributed by atoms with E-state index in [-0.39, 0.29) is 35.5 Å². The number of anilines is 1. The summed E-state index contributed by atoms with van der Waals surface area (Å²) in [5.41, 5.74) is 0.602. The minimum absolute atomic E-state index is 0.125. The van der Waals surface area contributed by atoms with Gasteiger partial charge >= 0.3 is 0 Å². The second-order valence-electron chi connectivity index (χ2n) is 7.31. The maximum absolute atomic E-state index is 13.8. The van der Waals surface area contributed by atoms with Gasteiger partial charge in [0.25, 0.3) is 0 Å². The number of hydrogen-bond acceptors (Lipinski definition) is 5. The van der Waals surface area contributed by atoms with E-state index >= 15 is 0 Å². The number of rotatable bonds is 5. The van der Waals surface area contributed by atoms with Gasteiger partial charge in [-0.15, -0.1) is 0 Å². The lowest BCUT2D eigenvalue weighted by atomic mass is 9.97. The molecule has 1 amide bonds. The molecule has 1 saturated heterocycles. The number of fused-ring (bicyclic) bond motifs is 1.